The zero-order valence-corrected chi connectivity index (χ0v) is 13.4. The second-order valence-corrected chi connectivity index (χ2v) is 5.62. The van der Waals surface area contributed by atoms with Gasteiger partial charge in [-0.2, -0.15) is 0 Å². The number of carbonyl (C=O) groups is 2. The van der Waals surface area contributed by atoms with Crippen LogP contribution in [0.1, 0.15) is 49.0 Å². The van der Waals surface area contributed by atoms with E-state index in [2.05, 4.69) is 5.32 Å². The molecule has 0 saturated heterocycles. The molecule has 5 nitrogen and oxygen atoms in total. The van der Waals surface area contributed by atoms with Gasteiger partial charge >= 0.3 is 5.97 Å². The van der Waals surface area contributed by atoms with Gasteiger partial charge in [0.25, 0.3) is 5.91 Å². The first-order valence-electron chi connectivity index (χ1n) is 7.73. The molecular formula is C17H23NO4. The average molecular weight is 305 g/mol. The van der Waals surface area contributed by atoms with E-state index in [1.807, 2.05) is 26.0 Å². The fourth-order valence-electron chi connectivity index (χ4n) is 2.88. The molecule has 0 aliphatic carbocycles. The summed E-state index contributed by atoms with van der Waals surface area (Å²) in [6.07, 6.45) is 2.69. The van der Waals surface area contributed by atoms with E-state index in [1.54, 1.807) is 6.07 Å². The Bertz CT molecular complexity index is 570. The van der Waals surface area contributed by atoms with E-state index in [0.717, 1.165) is 18.4 Å². The molecule has 0 aromatic heterocycles. The third kappa shape index (κ3) is 3.08. The minimum Gasteiger partial charge on any atom is -0.494 e. The van der Waals surface area contributed by atoms with Gasteiger partial charge in [-0.25, -0.2) is 4.79 Å². The number of nitrogens with one attached hydrogen (secondary N) is 1. The Morgan fingerprint density at radius 1 is 1.32 bits per heavy atom. The summed E-state index contributed by atoms with van der Waals surface area (Å²) < 4.78 is 10.5. The maximum atomic E-state index is 12.4. The summed E-state index contributed by atoms with van der Waals surface area (Å²) >= 11 is 0. The van der Waals surface area contributed by atoms with E-state index in [1.165, 1.54) is 7.11 Å². The molecule has 0 bridgehead atoms. The fourth-order valence-corrected chi connectivity index (χ4v) is 2.88. The third-order valence-corrected chi connectivity index (χ3v) is 3.90. The largest absolute Gasteiger partial charge is 0.494 e. The molecule has 0 saturated carbocycles. The standard InChI is InChI=1S/C17H23NO4/c1-4-8-17(16(20)21-3)11-12-6-7-13(22-9-5-2)10-14(12)15(19)18-17/h6-7,10H,4-5,8-9,11H2,1-3H3,(H,18,19). The van der Waals surface area contributed by atoms with Gasteiger partial charge in [0.1, 0.15) is 11.3 Å². The van der Waals surface area contributed by atoms with Crippen LogP contribution >= 0.6 is 0 Å². The van der Waals surface area contributed by atoms with Crippen LogP contribution in [0.15, 0.2) is 18.2 Å². The lowest BCUT2D eigenvalue weighted by Crippen LogP contribution is -2.59. The van der Waals surface area contributed by atoms with Crippen LogP contribution in [0.3, 0.4) is 0 Å². The highest BCUT2D eigenvalue weighted by Crippen LogP contribution is 2.30. The molecule has 1 N–H and O–H groups in total. The van der Waals surface area contributed by atoms with Gasteiger partial charge in [-0.3, -0.25) is 4.79 Å². The van der Waals surface area contributed by atoms with E-state index in [9.17, 15) is 9.59 Å². The van der Waals surface area contributed by atoms with Gasteiger partial charge in [-0.05, 0) is 30.5 Å². The molecule has 22 heavy (non-hydrogen) atoms. The number of amides is 1. The Kier molecular flexibility index (Phi) is 5.06. The molecular weight excluding hydrogens is 282 g/mol. The van der Waals surface area contributed by atoms with E-state index in [4.69, 9.17) is 9.47 Å². The topological polar surface area (TPSA) is 64.6 Å². The molecule has 2 rings (SSSR count). The first-order valence-corrected chi connectivity index (χ1v) is 7.73. The Balaban J connectivity index is 2.33. The summed E-state index contributed by atoms with van der Waals surface area (Å²) in [5, 5.41) is 2.85. The molecule has 1 atom stereocenters. The molecule has 1 amide bonds. The zero-order valence-electron chi connectivity index (χ0n) is 13.4. The van der Waals surface area contributed by atoms with Crippen molar-refractivity contribution in [1.29, 1.82) is 0 Å². The van der Waals surface area contributed by atoms with Crippen LogP contribution in [-0.2, 0) is 16.0 Å². The molecule has 1 unspecified atom stereocenters. The normalized spacial score (nSPS) is 20.0. The zero-order chi connectivity index (χ0) is 16.2. The quantitative estimate of drug-likeness (QED) is 0.820. The first-order chi connectivity index (χ1) is 10.6. The van der Waals surface area contributed by atoms with Crippen LogP contribution in [0, 0.1) is 0 Å². The van der Waals surface area contributed by atoms with Crippen molar-refractivity contribution in [2.75, 3.05) is 13.7 Å². The van der Waals surface area contributed by atoms with E-state index < -0.39 is 5.54 Å². The highest BCUT2D eigenvalue weighted by molar-refractivity contribution is 6.01. The van der Waals surface area contributed by atoms with Crippen molar-refractivity contribution in [3.8, 4) is 5.75 Å². The molecule has 0 fully saturated rings. The van der Waals surface area contributed by atoms with E-state index in [-0.39, 0.29) is 11.9 Å². The summed E-state index contributed by atoms with van der Waals surface area (Å²) in [6, 6.07) is 5.46. The second-order valence-electron chi connectivity index (χ2n) is 5.62. The number of carbonyl (C=O) groups excluding carboxylic acids is 2. The minimum atomic E-state index is -0.959. The molecule has 5 heteroatoms. The van der Waals surface area contributed by atoms with E-state index >= 15 is 0 Å². The van der Waals surface area contributed by atoms with Crippen LogP contribution in [0.4, 0.5) is 0 Å². The van der Waals surface area contributed by atoms with Crippen molar-refractivity contribution in [2.24, 2.45) is 0 Å². The smallest absolute Gasteiger partial charge is 0.331 e. The van der Waals surface area contributed by atoms with E-state index in [0.29, 0.717) is 30.8 Å². The fraction of sp³-hybridized carbons (Fsp3) is 0.529. The lowest BCUT2D eigenvalue weighted by Gasteiger charge is -2.36. The van der Waals surface area contributed by atoms with Crippen LogP contribution in [-0.4, -0.2) is 31.1 Å². The molecule has 0 spiro atoms. The number of hydrogen-bond donors (Lipinski definition) is 1. The van der Waals surface area contributed by atoms with Crippen LogP contribution < -0.4 is 10.1 Å². The Morgan fingerprint density at radius 3 is 2.73 bits per heavy atom. The molecule has 1 aromatic rings. The number of benzene rings is 1. The van der Waals surface area contributed by atoms with Gasteiger partial charge < -0.3 is 14.8 Å². The lowest BCUT2D eigenvalue weighted by atomic mass is 9.81. The summed E-state index contributed by atoms with van der Waals surface area (Å²) in [7, 11) is 1.35. The number of rotatable bonds is 6. The van der Waals surface area contributed by atoms with Gasteiger partial charge in [0.2, 0.25) is 0 Å². The highest BCUT2D eigenvalue weighted by atomic mass is 16.5. The van der Waals surface area contributed by atoms with Crippen molar-refractivity contribution in [1.82, 2.24) is 5.32 Å². The summed E-state index contributed by atoms with van der Waals surface area (Å²) in [5.74, 6) is 0.0403. The van der Waals surface area contributed by atoms with Crippen LogP contribution in [0.25, 0.3) is 0 Å². The van der Waals surface area contributed by atoms with Crippen LogP contribution in [0.5, 0.6) is 5.75 Å². The van der Waals surface area contributed by atoms with Crippen molar-refractivity contribution in [3.63, 3.8) is 0 Å². The van der Waals surface area contributed by atoms with Crippen molar-refractivity contribution in [3.05, 3.63) is 29.3 Å². The molecule has 1 aliphatic heterocycles. The molecule has 1 heterocycles. The van der Waals surface area contributed by atoms with Gasteiger partial charge in [-0.1, -0.05) is 26.3 Å². The molecule has 120 valence electrons. The molecule has 1 aromatic carbocycles. The number of hydrogen-bond acceptors (Lipinski definition) is 4. The number of esters is 1. The van der Waals surface area contributed by atoms with Gasteiger partial charge in [0.15, 0.2) is 0 Å². The maximum Gasteiger partial charge on any atom is 0.331 e. The van der Waals surface area contributed by atoms with Crippen molar-refractivity contribution in [2.45, 2.75) is 45.1 Å². The predicted molar refractivity (Wildman–Crippen MR) is 83.1 cm³/mol. The number of fused-ring (bicyclic) bond motifs is 1. The predicted octanol–water partition coefficient (Wildman–Crippen LogP) is 2.47. The third-order valence-electron chi connectivity index (χ3n) is 3.90. The van der Waals surface area contributed by atoms with Gasteiger partial charge in [0.05, 0.1) is 13.7 Å². The summed E-state index contributed by atoms with van der Waals surface area (Å²) in [6.45, 7) is 4.62. The summed E-state index contributed by atoms with van der Waals surface area (Å²) in [5.41, 5.74) is 0.468. The minimum absolute atomic E-state index is 0.248. The highest BCUT2D eigenvalue weighted by Gasteiger charge is 2.44. The monoisotopic (exact) mass is 305 g/mol. The first kappa shape index (κ1) is 16.3. The average Bonchev–Trinajstić information content (AvgIpc) is 2.52. The Hall–Kier alpha value is -2.04. The molecule has 1 aliphatic rings. The van der Waals surface area contributed by atoms with Crippen molar-refractivity contribution < 1.29 is 19.1 Å². The maximum absolute atomic E-state index is 12.4. The second kappa shape index (κ2) is 6.81. The van der Waals surface area contributed by atoms with Crippen LogP contribution in [0.2, 0.25) is 0 Å². The number of methoxy groups -OCH3 is 1. The Labute approximate surface area is 131 Å². The summed E-state index contributed by atoms with van der Waals surface area (Å²) in [4.78, 5) is 24.6. The van der Waals surface area contributed by atoms with Gasteiger partial charge in [-0.15, -0.1) is 0 Å². The Morgan fingerprint density at radius 2 is 2.09 bits per heavy atom. The number of ether oxygens (including phenoxy) is 2. The van der Waals surface area contributed by atoms with Crippen molar-refractivity contribution >= 4 is 11.9 Å². The van der Waals surface area contributed by atoms with Gasteiger partial charge in [0, 0.05) is 12.0 Å². The lowest BCUT2D eigenvalue weighted by molar-refractivity contribution is -0.148. The SMILES string of the molecule is CCCOc1ccc2c(c1)C(=O)NC(CCC)(C(=O)OC)C2. The molecule has 0 radical (unpaired) electrons.